The molecule has 2 N–H and O–H groups in total. The van der Waals surface area contributed by atoms with Crippen LogP contribution in [0.25, 0.3) is 0 Å². The van der Waals surface area contributed by atoms with E-state index in [0.29, 0.717) is 19.0 Å². The predicted octanol–water partition coefficient (Wildman–Crippen LogP) is 1.52. The molecule has 1 heterocycles. The molecule has 0 bridgehead atoms. The number of benzene rings is 1. The fourth-order valence-electron chi connectivity index (χ4n) is 1.89. The molecule has 0 amide bonds. The Kier molecular flexibility index (Phi) is 3.85. The number of hydrogen-bond donors (Lipinski definition) is 1. The lowest BCUT2D eigenvalue weighted by molar-refractivity contribution is 0.284. The Morgan fingerprint density at radius 3 is 2.58 bits per heavy atom. The number of aryl methyl sites for hydroxylation is 2. The van der Waals surface area contributed by atoms with E-state index < -0.39 is 0 Å². The monoisotopic (exact) mass is 259 g/mol. The highest BCUT2D eigenvalue weighted by atomic mass is 16.5. The van der Waals surface area contributed by atoms with Crippen LogP contribution in [0.1, 0.15) is 11.1 Å². The first-order chi connectivity index (χ1) is 9.08. The minimum Gasteiger partial charge on any atom is -0.491 e. The standard InChI is InChI=1S/C14H17N3O2/c1-10-4-3-5-11(2)14(10)19-9-8-17-13(18)7-6-12(15)16-17/h3-7H,8-9H2,1-2H3,(H2,15,16). The summed E-state index contributed by atoms with van der Waals surface area (Å²) < 4.78 is 7.03. The molecule has 19 heavy (non-hydrogen) atoms. The molecule has 0 atom stereocenters. The molecule has 0 saturated heterocycles. The minimum atomic E-state index is -0.181. The van der Waals surface area contributed by atoms with Crippen LogP contribution >= 0.6 is 0 Å². The van der Waals surface area contributed by atoms with Crippen LogP contribution in [0.4, 0.5) is 5.82 Å². The fourth-order valence-corrected chi connectivity index (χ4v) is 1.89. The van der Waals surface area contributed by atoms with Gasteiger partial charge in [-0.2, -0.15) is 5.10 Å². The molecule has 0 spiro atoms. The number of nitrogen functional groups attached to an aromatic ring is 1. The highest BCUT2D eigenvalue weighted by molar-refractivity contribution is 5.39. The Morgan fingerprint density at radius 1 is 1.21 bits per heavy atom. The van der Waals surface area contributed by atoms with E-state index in [2.05, 4.69) is 5.10 Å². The van der Waals surface area contributed by atoms with Gasteiger partial charge in [-0.25, -0.2) is 4.68 Å². The van der Waals surface area contributed by atoms with Crippen LogP contribution in [0.2, 0.25) is 0 Å². The van der Waals surface area contributed by atoms with Crippen molar-refractivity contribution in [2.45, 2.75) is 20.4 Å². The van der Waals surface area contributed by atoms with E-state index in [4.69, 9.17) is 10.5 Å². The van der Waals surface area contributed by atoms with E-state index in [-0.39, 0.29) is 5.56 Å². The summed E-state index contributed by atoms with van der Waals surface area (Å²) in [6.07, 6.45) is 0. The zero-order valence-electron chi connectivity index (χ0n) is 11.1. The van der Waals surface area contributed by atoms with Crippen LogP contribution < -0.4 is 16.0 Å². The quantitative estimate of drug-likeness (QED) is 0.903. The first kappa shape index (κ1) is 13.1. The molecule has 0 aliphatic heterocycles. The molecule has 0 aliphatic carbocycles. The molecular formula is C14H17N3O2. The normalized spacial score (nSPS) is 10.4. The topological polar surface area (TPSA) is 70.1 Å². The van der Waals surface area contributed by atoms with Crippen LogP contribution in [-0.4, -0.2) is 16.4 Å². The van der Waals surface area contributed by atoms with E-state index in [1.807, 2.05) is 32.0 Å². The maximum Gasteiger partial charge on any atom is 0.266 e. The van der Waals surface area contributed by atoms with Crippen molar-refractivity contribution in [2.75, 3.05) is 12.3 Å². The second-order valence-corrected chi connectivity index (χ2v) is 4.39. The van der Waals surface area contributed by atoms with Crippen molar-refractivity contribution < 1.29 is 4.74 Å². The SMILES string of the molecule is Cc1cccc(C)c1OCCn1nc(N)ccc1=O. The Morgan fingerprint density at radius 2 is 1.89 bits per heavy atom. The van der Waals surface area contributed by atoms with Crippen LogP contribution in [0.5, 0.6) is 5.75 Å². The van der Waals surface area contributed by atoms with E-state index in [9.17, 15) is 4.79 Å². The molecule has 1 aromatic carbocycles. The van der Waals surface area contributed by atoms with Gasteiger partial charge < -0.3 is 10.5 Å². The minimum absolute atomic E-state index is 0.181. The molecule has 0 unspecified atom stereocenters. The largest absolute Gasteiger partial charge is 0.491 e. The maximum atomic E-state index is 11.5. The van der Waals surface area contributed by atoms with Crippen LogP contribution in [0.15, 0.2) is 35.1 Å². The Bertz CT molecular complexity index is 615. The van der Waals surface area contributed by atoms with E-state index in [0.717, 1.165) is 16.9 Å². The third kappa shape index (κ3) is 3.13. The molecule has 0 fully saturated rings. The summed E-state index contributed by atoms with van der Waals surface area (Å²) in [6, 6.07) is 8.87. The molecule has 1 aromatic heterocycles. The number of anilines is 1. The number of aromatic nitrogens is 2. The lowest BCUT2D eigenvalue weighted by Crippen LogP contribution is -2.25. The molecular weight excluding hydrogens is 242 g/mol. The summed E-state index contributed by atoms with van der Waals surface area (Å²) >= 11 is 0. The smallest absolute Gasteiger partial charge is 0.266 e. The Balaban J connectivity index is 2.04. The van der Waals surface area contributed by atoms with Gasteiger partial charge in [-0.15, -0.1) is 0 Å². The molecule has 0 aliphatic rings. The zero-order chi connectivity index (χ0) is 13.8. The van der Waals surface area contributed by atoms with Gasteiger partial charge in [0.15, 0.2) is 0 Å². The number of nitrogens with zero attached hydrogens (tertiary/aromatic N) is 2. The van der Waals surface area contributed by atoms with E-state index >= 15 is 0 Å². The lowest BCUT2D eigenvalue weighted by atomic mass is 10.1. The van der Waals surface area contributed by atoms with E-state index in [1.165, 1.54) is 16.8 Å². The first-order valence-corrected chi connectivity index (χ1v) is 6.10. The molecule has 5 heteroatoms. The summed E-state index contributed by atoms with van der Waals surface area (Å²) in [4.78, 5) is 11.5. The van der Waals surface area contributed by atoms with Gasteiger partial charge in [0.05, 0.1) is 6.54 Å². The van der Waals surface area contributed by atoms with Gasteiger partial charge in [-0.1, -0.05) is 18.2 Å². The number of para-hydroxylation sites is 1. The van der Waals surface area contributed by atoms with E-state index in [1.54, 1.807) is 0 Å². The van der Waals surface area contributed by atoms with Gasteiger partial charge >= 0.3 is 0 Å². The molecule has 2 rings (SSSR count). The highest BCUT2D eigenvalue weighted by Crippen LogP contribution is 2.22. The number of ether oxygens (including phenoxy) is 1. The summed E-state index contributed by atoms with van der Waals surface area (Å²) in [5.74, 6) is 1.19. The maximum absolute atomic E-state index is 11.5. The second-order valence-electron chi connectivity index (χ2n) is 4.39. The van der Waals surface area contributed by atoms with Gasteiger partial charge in [0.2, 0.25) is 0 Å². The fraction of sp³-hybridized carbons (Fsp3) is 0.286. The lowest BCUT2D eigenvalue weighted by Gasteiger charge is -2.12. The first-order valence-electron chi connectivity index (χ1n) is 6.10. The van der Waals surface area contributed by atoms with Crippen LogP contribution in [0, 0.1) is 13.8 Å². The van der Waals surface area contributed by atoms with Crippen molar-refractivity contribution in [1.29, 1.82) is 0 Å². The Labute approximate surface area is 111 Å². The molecule has 0 saturated carbocycles. The van der Waals surface area contributed by atoms with Crippen LogP contribution in [0.3, 0.4) is 0 Å². The number of nitrogens with two attached hydrogens (primary N) is 1. The van der Waals surface area contributed by atoms with Crippen molar-refractivity contribution in [2.24, 2.45) is 0 Å². The summed E-state index contributed by atoms with van der Waals surface area (Å²) in [6.45, 7) is 4.74. The Hall–Kier alpha value is -2.30. The van der Waals surface area contributed by atoms with Gasteiger partial charge in [-0.3, -0.25) is 4.79 Å². The van der Waals surface area contributed by atoms with Crippen molar-refractivity contribution in [3.8, 4) is 5.75 Å². The molecule has 0 radical (unpaired) electrons. The highest BCUT2D eigenvalue weighted by Gasteiger charge is 2.04. The van der Waals surface area contributed by atoms with Gasteiger partial charge in [0.25, 0.3) is 5.56 Å². The molecule has 2 aromatic rings. The van der Waals surface area contributed by atoms with Gasteiger partial charge in [-0.05, 0) is 31.0 Å². The van der Waals surface area contributed by atoms with Gasteiger partial charge in [0.1, 0.15) is 18.2 Å². The number of hydrogen-bond acceptors (Lipinski definition) is 4. The second kappa shape index (κ2) is 5.56. The summed E-state index contributed by atoms with van der Waals surface area (Å²) in [5, 5.41) is 3.95. The van der Waals surface area contributed by atoms with Crippen molar-refractivity contribution >= 4 is 5.82 Å². The summed E-state index contributed by atoms with van der Waals surface area (Å²) in [5.41, 5.74) is 7.52. The third-order valence-electron chi connectivity index (χ3n) is 2.85. The molecule has 100 valence electrons. The van der Waals surface area contributed by atoms with Crippen molar-refractivity contribution in [1.82, 2.24) is 9.78 Å². The van der Waals surface area contributed by atoms with Gasteiger partial charge in [0, 0.05) is 6.07 Å². The average Bonchev–Trinajstić information content (AvgIpc) is 2.37. The van der Waals surface area contributed by atoms with Crippen molar-refractivity contribution in [3.63, 3.8) is 0 Å². The van der Waals surface area contributed by atoms with Crippen molar-refractivity contribution in [3.05, 3.63) is 51.8 Å². The summed E-state index contributed by atoms with van der Waals surface area (Å²) in [7, 11) is 0. The van der Waals surface area contributed by atoms with Crippen LogP contribution in [-0.2, 0) is 6.54 Å². The predicted molar refractivity (Wildman–Crippen MR) is 74.3 cm³/mol. The average molecular weight is 259 g/mol. The molecule has 5 nitrogen and oxygen atoms in total. The third-order valence-corrected chi connectivity index (χ3v) is 2.85. The zero-order valence-corrected chi connectivity index (χ0v) is 11.1. The number of rotatable bonds is 4.